The molecule has 7 bridgehead atoms. The van der Waals surface area contributed by atoms with E-state index in [1.165, 1.54) is 66.2 Å². The molecule has 0 fully saturated rings. The van der Waals surface area contributed by atoms with Gasteiger partial charge in [0.2, 0.25) is 0 Å². The number of urea groups is 1. The number of carbonyl (C=O) groups excluding carboxylic acids is 2. The Balaban J connectivity index is 1.86. The number of anilines is 2. The Morgan fingerprint density at radius 2 is 1.67 bits per heavy atom. The molecule has 12 nitrogen and oxygen atoms in total. The smallest absolute Gasteiger partial charge is 0.343 e. The van der Waals surface area contributed by atoms with E-state index in [0.29, 0.717) is 11.3 Å². The predicted octanol–water partition coefficient (Wildman–Crippen LogP) is 4.01. The second-order valence-corrected chi connectivity index (χ2v) is 13.4. The molecule has 0 saturated carbocycles. The van der Waals surface area contributed by atoms with Crippen LogP contribution in [0.25, 0.3) is 10.8 Å². The highest BCUT2D eigenvalue weighted by atomic mass is 32.2. The third kappa shape index (κ3) is 3.91. The van der Waals surface area contributed by atoms with Crippen molar-refractivity contribution < 1.29 is 35.5 Å². The van der Waals surface area contributed by atoms with Gasteiger partial charge in [-0.25, -0.2) is 9.59 Å². The molecule has 2 unspecified atom stereocenters. The quantitative estimate of drug-likeness (QED) is 0.153. The lowest BCUT2D eigenvalue weighted by molar-refractivity contribution is 0.0713. The summed E-state index contributed by atoms with van der Waals surface area (Å²) in [6.07, 6.45) is 4.51. The maximum absolute atomic E-state index is 14.7. The van der Waals surface area contributed by atoms with Crippen LogP contribution in [0.3, 0.4) is 0 Å². The van der Waals surface area contributed by atoms with Gasteiger partial charge in [0.1, 0.15) is 16.3 Å². The first-order valence-corrected chi connectivity index (χ1v) is 15.5. The highest BCUT2D eigenvalue weighted by Gasteiger charge is 2.65. The fourth-order valence-electron chi connectivity index (χ4n) is 6.01. The number of aryl methyl sites for hydroxylation is 1. The number of quaternary nitrogens is 1. The molecule has 3 aromatic carbocycles. The first kappa shape index (κ1) is 27.8. The molecule has 4 aromatic rings. The van der Waals surface area contributed by atoms with Crippen molar-refractivity contribution in [2.24, 2.45) is 7.05 Å². The van der Waals surface area contributed by atoms with E-state index in [4.69, 9.17) is 0 Å². The lowest BCUT2D eigenvalue weighted by atomic mass is 9.88. The summed E-state index contributed by atoms with van der Waals surface area (Å²) in [6.45, 7) is 0. The van der Waals surface area contributed by atoms with Crippen LogP contribution in [0.15, 0.2) is 83.9 Å². The number of rotatable bonds is 3. The van der Waals surface area contributed by atoms with Gasteiger partial charge >= 0.3 is 22.1 Å². The molecule has 0 radical (unpaired) electrons. The molecular weight excluding hydrogens is 584 g/mol. The normalized spacial score (nSPS) is 21.8. The molecule has 1 aromatic heterocycles. The largest absolute Gasteiger partial charge is 0.369 e. The molecule has 7 rings (SSSR count). The maximum Gasteiger partial charge on any atom is 0.369 e. The van der Waals surface area contributed by atoms with Crippen LogP contribution in [0.5, 0.6) is 0 Å². The van der Waals surface area contributed by atoms with Crippen molar-refractivity contribution in [1.82, 2.24) is 9.05 Å². The molecular formula is C28H25N4O8S2+. The first-order chi connectivity index (χ1) is 19.7. The van der Waals surface area contributed by atoms with Crippen molar-refractivity contribution in [2.75, 3.05) is 17.7 Å². The second kappa shape index (κ2) is 9.08. The van der Waals surface area contributed by atoms with Gasteiger partial charge in [0, 0.05) is 47.7 Å². The highest BCUT2D eigenvalue weighted by Crippen LogP contribution is 2.50. The molecule has 3 heterocycles. The molecule has 4 N–H and O–H groups in total. The van der Waals surface area contributed by atoms with Gasteiger partial charge in [-0.15, -0.1) is 0 Å². The topological polar surface area (TPSA) is 172 Å². The Labute approximate surface area is 241 Å². The summed E-state index contributed by atoms with van der Waals surface area (Å²) in [7, 11) is -7.30. The van der Waals surface area contributed by atoms with E-state index in [1.807, 2.05) is 0 Å². The number of nitrogens with one attached hydrogen (secondary N) is 2. The fraction of sp³-hybridized carbons (Fsp3) is 0.143. The summed E-state index contributed by atoms with van der Waals surface area (Å²) < 4.78 is 74.6. The average molecular weight is 610 g/mol. The molecule has 1 aliphatic carbocycles. The SMILES string of the molecule is Cn1cccc1C(=O)[N+]1(C)c2cc(S(=O)(=O)O)c3ccc(cc3c2)NC(=O)Nc2ccc3c(c2)CC=CC31S(=O)(=O)O. The zero-order chi connectivity index (χ0) is 30.2. The highest BCUT2D eigenvalue weighted by molar-refractivity contribution is 7.87. The van der Waals surface area contributed by atoms with Crippen molar-refractivity contribution in [3.63, 3.8) is 0 Å². The molecule has 3 amide bonds. The maximum atomic E-state index is 14.7. The predicted molar refractivity (Wildman–Crippen MR) is 156 cm³/mol. The fourth-order valence-corrected chi connectivity index (χ4v) is 8.13. The number of hydrogen-bond acceptors (Lipinski definition) is 6. The second-order valence-electron chi connectivity index (χ2n) is 10.4. The lowest BCUT2D eigenvalue weighted by Gasteiger charge is -2.46. The van der Waals surface area contributed by atoms with Crippen molar-refractivity contribution in [2.45, 2.75) is 16.2 Å². The van der Waals surface area contributed by atoms with Crippen molar-refractivity contribution in [3.05, 3.63) is 95.8 Å². The number of hydrogen-bond donors (Lipinski definition) is 4. The summed E-state index contributed by atoms with van der Waals surface area (Å²) in [5.41, 5.74) is 0.919. The lowest BCUT2D eigenvalue weighted by Crippen LogP contribution is -2.68. The molecule has 3 aliphatic rings. The van der Waals surface area contributed by atoms with Gasteiger partial charge in [0.05, 0.1) is 7.05 Å². The van der Waals surface area contributed by atoms with Crippen molar-refractivity contribution in [1.29, 1.82) is 0 Å². The number of nitrogens with zero attached hydrogens (tertiary/aromatic N) is 2. The summed E-state index contributed by atoms with van der Waals surface area (Å²) in [4.78, 5) is 24.4. The van der Waals surface area contributed by atoms with Crippen LogP contribution in [0.4, 0.5) is 21.9 Å². The monoisotopic (exact) mass is 609 g/mol. The minimum Gasteiger partial charge on any atom is -0.343 e. The van der Waals surface area contributed by atoms with E-state index in [2.05, 4.69) is 10.6 Å². The minimum atomic E-state index is -5.24. The summed E-state index contributed by atoms with van der Waals surface area (Å²) in [6, 6.07) is 13.5. The van der Waals surface area contributed by atoms with Gasteiger partial charge in [0.25, 0.3) is 15.0 Å². The van der Waals surface area contributed by atoms with Crippen molar-refractivity contribution >= 4 is 60.0 Å². The molecule has 14 heteroatoms. The number of amides is 3. The Kier molecular flexibility index (Phi) is 6.01. The molecule has 0 spiro atoms. The Morgan fingerprint density at radius 1 is 0.976 bits per heavy atom. The zero-order valence-electron chi connectivity index (χ0n) is 22.3. The van der Waals surface area contributed by atoms with Gasteiger partial charge in [-0.3, -0.25) is 9.11 Å². The third-order valence-corrected chi connectivity index (χ3v) is 10.4. The van der Waals surface area contributed by atoms with E-state index >= 15 is 0 Å². The van der Waals surface area contributed by atoms with E-state index < -0.39 is 46.4 Å². The Hall–Kier alpha value is -4.34. The van der Waals surface area contributed by atoms with E-state index in [0.717, 1.165) is 6.07 Å². The number of allylic oxidation sites excluding steroid dienone is 1. The summed E-state index contributed by atoms with van der Waals surface area (Å²) >= 11 is 0. The zero-order valence-corrected chi connectivity index (χ0v) is 23.9. The number of fused-ring (bicyclic) bond motifs is 3. The van der Waals surface area contributed by atoms with Crippen LogP contribution < -0.4 is 15.1 Å². The van der Waals surface area contributed by atoms with E-state index in [9.17, 15) is 35.5 Å². The van der Waals surface area contributed by atoms with Crippen LogP contribution in [-0.2, 0) is 38.6 Å². The van der Waals surface area contributed by atoms with E-state index in [-0.39, 0.29) is 39.8 Å². The molecule has 2 aliphatic heterocycles. The van der Waals surface area contributed by atoms with Gasteiger partial charge in [-0.2, -0.15) is 21.3 Å². The number of likely N-dealkylation sites (N-methyl/N-ethyl adjacent to an activating group) is 1. The van der Waals surface area contributed by atoms with Crippen LogP contribution in [0.2, 0.25) is 0 Å². The van der Waals surface area contributed by atoms with Gasteiger partial charge in [0.15, 0.2) is 0 Å². The van der Waals surface area contributed by atoms with Crippen LogP contribution in [0.1, 0.15) is 21.6 Å². The van der Waals surface area contributed by atoms with Crippen LogP contribution >= 0.6 is 0 Å². The molecule has 2 atom stereocenters. The van der Waals surface area contributed by atoms with Gasteiger partial charge in [-0.1, -0.05) is 12.1 Å². The standard InChI is InChI=1S/C28H24N4O8S2/c1-31-12-4-6-24(31)26(33)32(2)21-15-18-14-19(7-9-22(18)25(16-21)41(35,36)37)29-27(34)30-20-8-10-23-17(13-20)5-3-11-28(23,32)42(38,39)40/h3-4,6-16H,5H2,1-2H3,(H3-,29,30,34,35,36,37,38,39,40)/p+1. The number of carbonyl (C=O) groups is 2. The molecule has 0 saturated heterocycles. The summed E-state index contributed by atoms with van der Waals surface area (Å²) in [5.74, 6) is -0.794. The van der Waals surface area contributed by atoms with Gasteiger partial charge < -0.3 is 15.2 Å². The van der Waals surface area contributed by atoms with Crippen LogP contribution in [-0.4, -0.2) is 49.5 Å². The third-order valence-electron chi connectivity index (χ3n) is 8.01. The Bertz CT molecular complexity index is 2100. The molecule has 216 valence electrons. The Morgan fingerprint density at radius 3 is 2.31 bits per heavy atom. The average Bonchev–Trinajstić information content (AvgIpc) is 3.34. The van der Waals surface area contributed by atoms with Crippen molar-refractivity contribution in [3.8, 4) is 0 Å². The van der Waals surface area contributed by atoms with Crippen LogP contribution in [0, 0.1) is 0 Å². The summed E-state index contributed by atoms with van der Waals surface area (Å²) in [5, 5.41) is 5.57. The first-order valence-electron chi connectivity index (χ1n) is 12.6. The minimum absolute atomic E-state index is 0.0443. The molecule has 42 heavy (non-hydrogen) atoms. The van der Waals surface area contributed by atoms with E-state index in [1.54, 1.807) is 25.4 Å². The van der Waals surface area contributed by atoms with Gasteiger partial charge in [-0.05, 0) is 65.9 Å². The number of aromatic nitrogens is 1. The number of benzene rings is 3.